The molecule has 1 saturated carbocycles. The molecular formula is C17H36N2O. The van der Waals surface area contributed by atoms with Gasteiger partial charge in [-0.1, -0.05) is 20.8 Å². The maximum absolute atomic E-state index is 9.73. The topological polar surface area (TPSA) is 35.5 Å². The molecule has 0 heterocycles. The highest BCUT2D eigenvalue weighted by atomic mass is 16.3. The highest BCUT2D eigenvalue weighted by Crippen LogP contribution is 2.31. The van der Waals surface area contributed by atoms with Crippen molar-refractivity contribution in [3.8, 4) is 0 Å². The maximum atomic E-state index is 9.73. The van der Waals surface area contributed by atoms with Crippen LogP contribution in [0.15, 0.2) is 0 Å². The number of nitrogens with one attached hydrogen (secondary N) is 1. The zero-order chi connectivity index (χ0) is 15.2. The quantitative estimate of drug-likeness (QED) is 0.612. The molecule has 0 aromatic rings. The molecule has 3 nitrogen and oxygen atoms in total. The van der Waals surface area contributed by atoms with Crippen LogP contribution in [0.3, 0.4) is 0 Å². The fourth-order valence-corrected chi connectivity index (χ4v) is 2.96. The Morgan fingerprint density at radius 2 is 1.95 bits per heavy atom. The summed E-state index contributed by atoms with van der Waals surface area (Å²) in [7, 11) is 0. The van der Waals surface area contributed by atoms with Crippen LogP contribution in [-0.4, -0.2) is 47.3 Å². The SMILES string of the molecule is CCCNC(C)(CO)CC(C)N(CCC(C)C)C1CC1. The third-order valence-electron chi connectivity index (χ3n) is 4.44. The van der Waals surface area contributed by atoms with Crippen LogP contribution in [-0.2, 0) is 0 Å². The van der Waals surface area contributed by atoms with Gasteiger partial charge in [0, 0.05) is 17.6 Å². The Balaban J connectivity index is 2.52. The first-order chi connectivity index (χ1) is 9.41. The summed E-state index contributed by atoms with van der Waals surface area (Å²) in [5.41, 5.74) is -0.138. The fourth-order valence-electron chi connectivity index (χ4n) is 2.96. The van der Waals surface area contributed by atoms with Crippen LogP contribution in [0, 0.1) is 5.92 Å². The first-order valence-electron chi connectivity index (χ1n) is 8.53. The number of hydrogen-bond donors (Lipinski definition) is 2. The highest BCUT2D eigenvalue weighted by Gasteiger charge is 2.35. The molecule has 120 valence electrons. The molecule has 3 heteroatoms. The Bertz CT molecular complexity index is 266. The van der Waals surface area contributed by atoms with Gasteiger partial charge in [0.15, 0.2) is 0 Å². The lowest BCUT2D eigenvalue weighted by atomic mass is 9.93. The lowest BCUT2D eigenvalue weighted by Crippen LogP contribution is -2.51. The minimum absolute atomic E-state index is 0.138. The number of hydrogen-bond acceptors (Lipinski definition) is 3. The number of aliphatic hydroxyl groups is 1. The summed E-state index contributed by atoms with van der Waals surface area (Å²) in [5.74, 6) is 0.769. The smallest absolute Gasteiger partial charge is 0.0611 e. The molecule has 0 radical (unpaired) electrons. The van der Waals surface area contributed by atoms with Gasteiger partial charge in [0.1, 0.15) is 0 Å². The van der Waals surface area contributed by atoms with E-state index in [9.17, 15) is 5.11 Å². The average molecular weight is 284 g/mol. The molecule has 0 aromatic heterocycles. The summed E-state index contributed by atoms with van der Waals surface area (Å²) < 4.78 is 0. The van der Waals surface area contributed by atoms with Crippen LogP contribution >= 0.6 is 0 Å². The second-order valence-electron chi connectivity index (χ2n) is 7.35. The van der Waals surface area contributed by atoms with Crippen LogP contribution in [0.25, 0.3) is 0 Å². The van der Waals surface area contributed by atoms with Crippen molar-refractivity contribution < 1.29 is 5.11 Å². The van der Waals surface area contributed by atoms with Crippen molar-refractivity contribution in [3.63, 3.8) is 0 Å². The van der Waals surface area contributed by atoms with E-state index in [1.807, 2.05) is 0 Å². The number of nitrogens with zero attached hydrogens (tertiary/aromatic N) is 1. The van der Waals surface area contributed by atoms with Gasteiger partial charge >= 0.3 is 0 Å². The molecule has 2 unspecified atom stereocenters. The van der Waals surface area contributed by atoms with Gasteiger partial charge in [0.25, 0.3) is 0 Å². The molecule has 20 heavy (non-hydrogen) atoms. The minimum atomic E-state index is -0.138. The normalized spacial score (nSPS) is 20.4. The summed E-state index contributed by atoms with van der Waals surface area (Å²) >= 11 is 0. The van der Waals surface area contributed by atoms with Crippen molar-refractivity contribution in [1.29, 1.82) is 0 Å². The first-order valence-corrected chi connectivity index (χ1v) is 8.53. The lowest BCUT2D eigenvalue weighted by Gasteiger charge is -2.37. The molecule has 1 rings (SSSR count). The van der Waals surface area contributed by atoms with Crippen molar-refractivity contribution in [2.24, 2.45) is 5.92 Å². The van der Waals surface area contributed by atoms with Crippen molar-refractivity contribution in [3.05, 3.63) is 0 Å². The average Bonchev–Trinajstić information content (AvgIpc) is 3.21. The van der Waals surface area contributed by atoms with E-state index in [2.05, 4.69) is 44.8 Å². The Morgan fingerprint density at radius 3 is 2.40 bits per heavy atom. The molecule has 0 saturated heterocycles. The van der Waals surface area contributed by atoms with Crippen LogP contribution in [0.2, 0.25) is 0 Å². The van der Waals surface area contributed by atoms with E-state index in [0.717, 1.165) is 31.3 Å². The van der Waals surface area contributed by atoms with Crippen LogP contribution < -0.4 is 5.32 Å². The summed E-state index contributed by atoms with van der Waals surface area (Å²) in [4.78, 5) is 2.68. The standard InChI is InChI=1S/C17H36N2O/c1-6-10-18-17(5,13-20)12-15(4)19(16-7-8-16)11-9-14(2)3/h14-16,18,20H,6-13H2,1-5H3. The number of rotatable bonds is 11. The van der Waals surface area contributed by atoms with Gasteiger partial charge in [-0.15, -0.1) is 0 Å². The molecule has 0 spiro atoms. The van der Waals surface area contributed by atoms with E-state index in [1.54, 1.807) is 0 Å². The van der Waals surface area contributed by atoms with Crippen LogP contribution in [0.1, 0.15) is 66.7 Å². The predicted molar refractivity (Wildman–Crippen MR) is 87.0 cm³/mol. The Morgan fingerprint density at radius 1 is 1.30 bits per heavy atom. The lowest BCUT2D eigenvalue weighted by molar-refractivity contribution is 0.107. The Kier molecular flexibility index (Phi) is 7.49. The number of aliphatic hydroxyl groups excluding tert-OH is 1. The third-order valence-corrected chi connectivity index (χ3v) is 4.44. The summed E-state index contributed by atoms with van der Waals surface area (Å²) in [5, 5.41) is 13.3. The molecule has 0 amide bonds. The molecule has 2 atom stereocenters. The monoisotopic (exact) mass is 284 g/mol. The van der Waals surface area contributed by atoms with Crippen molar-refractivity contribution in [2.75, 3.05) is 19.7 Å². The van der Waals surface area contributed by atoms with Crippen molar-refractivity contribution in [2.45, 2.75) is 84.3 Å². The van der Waals surface area contributed by atoms with Crippen molar-refractivity contribution >= 4 is 0 Å². The Hall–Kier alpha value is -0.120. The summed E-state index contributed by atoms with van der Waals surface area (Å²) in [6.45, 7) is 13.7. The molecule has 0 bridgehead atoms. The second kappa shape index (κ2) is 8.35. The van der Waals surface area contributed by atoms with E-state index in [0.29, 0.717) is 6.04 Å². The highest BCUT2D eigenvalue weighted by molar-refractivity contribution is 4.92. The largest absolute Gasteiger partial charge is 0.394 e. The molecule has 1 fully saturated rings. The zero-order valence-electron chi connectivity index (χ0n) is 14.3. The molecular weight excluding hydrogens is 248 g/mol. The van der Waals surface area contributed by atoms with E-state index in [4.69, 9.17) is 0 Å². The van der Waals surface area contributed by atoms with Gasteiger partial charge in [-0.25, -0.2) is 0 Å². The molecule has 1 aliphatic rings. The van der Waals surface area contributed by atoms with Gasteiger partial charge in [-0.2, -0.15) is 0 Å². The first kappa shape index (κ1) is 17.9. The zero-order valence-corrected chi connectivity index (χ0v) is 14.3. The Labute approximate surface area is 126 Å². The van der Waals surface area contributed by atoms with Gasteiger partial charge < -0.3 is 10.4 Å². The van der Waals surface area contributed by atoms with Gasteiger partial charge in [-0.05, 0) is 65.0 Å². The van der Waals surface area contributed by atoms with Crippen LogP contribution in [0.4, 0.5) is 0 Å². The van der Waals surface area contributed by atoms with Gasteiger partial charge in [-0.3, -0.25) is 4.90 Å². The summed E-state index contributed by atoms with van der Waals surface area (Å²) in [6.07, 6.45) is 6.14. The third kappa shape index (κ3) is 6.11. The molecule has 0 aliphatic heterocycles. The molecule has 1 aliphatic carbocycles. The van der Waals surface area contributed by atoms with E-state index in [1.165, 1.54) is 25.8 Å². The fraction of sp³-hybridized carbons (Fsp3) is 1.00. The van der Waals surface area contributed by atoms with Crippen molar-refractivity contribution in [1.82, 2.24) is 10.2 Å². The second-order valence-corrected chi connectivity index (χ2v) is 7.35. The minimum Gasteiger partial charge on any atom is -0.394 e. The summed E-state index contributed by atoms with van der Waals surface area (Å²) in [6, 6.07) is 1.35. The van der Waals surface area contributed by atoms with E-state index < -0.39 is 0 Å². The van der Waals surface area contributed by atoms with E-state index >= 15 is 0 Å². The van der Waals surface area contributed by atoms with E-state index in [-0.39, 0.29) is 12.1 Å². The maximum Gasteiger partial charge on any atom is 0.0611 e. The molecule has 0 aromatic carbocycles. The van der Waals surface area contributed by atoms with Gasteiger partial charge in [0.2, 0.25) is 0 Å². The predicted octanol–water partition coefficient (Wildman–Crippen LogP) is 3.03. The van der Waals surface area contributed by atoms with Crippen LogP contribution in [0.5, 0.6) is 0 Å². The van der Waals surface area contributed by atoms with Gasteiger partial charge in [0.05, 0.1) is 6.61 Å². The molecule has 2 N–H and O–H groups in total.